The van der Waals surface area contributed by atoms with Gasteiger partial charge in [-0.15, -0.1) is 5.10 Å². The second kappa shape index (κ2) is 8.99. The number of amides is 1. The van der Waals surface area contributed by atoms with Crippen LogP contribution in [-0.4, -0.2) is 51.6 Å². The number of aromatic nitrogens is 3. The number of rotatable bonds is 5. The molecule has 0 spiro atoms. The summed E-state index contributed by atoms with van der Waals surface area (Å²) in [5.74, 6) is 0.0661. The van der Waals surface area contributed by atoms with E-state index in [0.29, 0.717) is 17.2 Å². The van der Waals surface area contributed by atoms with Crippen LogP contribution in [0.3, 0.4) is 0 Å². The Morgan fingerprint density at radius 2 is 1.85 bits per heavy atom. The van der Waals surface area contributed by atoms with Gasteiger partial charge in [-0.1, -0.05) is 12.1 Å². The Bertz CT molecular complexity index is 1280. The second-order valence-electron chi connectivity index (χ2n) is 8.39. The molecule has 168 valence electrons. The first-order valence-electron chi connectivity index (χ1n) is 11.0. The average molecular weight is 445 g/mol. The maximum absolute atomic E-state index is 13.7. The molecule has 1 saturated heterocycles. The number of hydrogen-bond acceptors (Lipinski definition) is 5. The molecule has 0 saturated carbocycles. The molecular weight excluding hydrogens is 419 g/mol. The van der Waals surface area contributed by atoms with E-state index in [1.54, 1.807) is 28.9 Å². The Labute approximate surface area is 191 Å². The quantitative estimate of drug-likeness (QED) is 0.485. The smallest absolute Gasteiger partial charge is 0.251 e. The molecule has 33 heavy (non-hydrogen) atoms. The number of likely N-dealkylation sites (tertiary alicyclic amines) is 1. The van der Waals surface area contributed by atoms with E-state index in [9.17, 15) is 9.18 Å². The van der Waals surface area contributed by atoms with Gasteiger partial charge in [0.1, 0.15) is 5.82 Å². The van der Waals surface area contributed by atoms with E-state index in [1.807, 2.05) is 30.3 Å². The highest BCUT2D eigenvalue weighted by molar-refractivity contribution is 5.94. The molecule has 1 aliphatic heterocycles. The Morgan fingerprint density at radius 1 is 1.06 bits per heavy atom. The summed E-state index contributed by atoms with van der Waals surface area (Å²) in [5.41, 5.74) is 3.54. The molecule has 0 bridgehead atoms. The molecule has 3 heterocycles. The number of anilines is 2. The van der Waals surface area contributed by atoms with Gasteiger partial charge in [0.15, 0.2) is 5.65 Å². The Balaban J connectivity index is 1.30. The van der Waals surface area contributed by atoms with Gasteiger partial charge in [-0.05, 0) is 87.1 Å². The van der Waals surface area contributed by atoms with E-state index in [4.69, 9.17) is 0 Å². The number of piperidine rings is 1. The predicted octanol–water partition coefficient (Wildman–Crippen LogP) is 4.10. The number of fused-ring (bicyclic) bond motifs is 1. The lowest BCUT2D eigenvalue weighted by Gasteiger charge is -2.29. The largest absolute Gasteiger partial charge is 0.349 e. The number of nitrogens with one attached hydrogen (secondary N) is 2. The Hall–Kier alpha value is -3.78. The minimum Gasteiger partial charge on any atom is -0.349 e. The van der Waals surface area contributed by atoms with E-state index in [1.165, 1.54) is 12.1 Å². The molecular formula is C25H25FN6O. The molecule has 4 aromatic rings. The third-order valence-electron chi connectivity index (χ3n) is 5.95. The number of carbonyl (C=O) groups excluding carboxylic acids is 1. The van der Waals surface area contributed by atoms with Crippen LogP contribution in [0.5, 0.6) is 0 Å². The van der Waals surface area contributed by atoms with Crippen LogP contribution in [0.15, 0.2) is 66.9 Å². The summed E-state index contributed by atoms with van der Waals surface area (Å²) >= 11 is 0. The van der Waals surface area contributed by atoms with Crippen molar-refractivity contribution in [3.8, 4) is 11.1 Å². The zero-order valence-corrected chi connectivity index (χ0v) is 18.3. The lowest BCUT2D eigenvalue weighted by Crippen LogP contribution is -2.43. The zero-order chi connectivity index (χ0) is 22.8. The minimum absolute atomic E-state index is 0.0540. The zero-order valence-electron chi connectivity index (χ0n) is 18.3. The monoisotopic (exact) mass is 444 g/mol. The molecule has 1 fully saturated rings. The van der Waals surface area contributed by atoms with Gasteiger partial charge in [0, 0.05) is 29.1 Å². The van der Waals surface area contributed by atoms with Gasteiger partial charge < -0.3 is 15.5 Å². The lowest BCUT2D eigenvalue weighted by molar-refractivity contribution is 0.0917. The summed E-state index contributed by atoms with van der Waals surface area (Å²) in [5, 5.41) is 10.8. The predicted molar refractivity (Wildman–Crippen MR) is 126 cm³/mol. The molecule has 7 nitrogen and oxygen atoms in total. The molecule has 5 rings (SSSR count). The molecule has 2 aromatic carbocycles. The SMILES string of the molecule is CN1CCC(NC(=O)c2ccc(Nc3nc4c(-c5cccc(F)c5)cccn4n3)cc2)CC1. The molecule has 0 atom stereocenters. The normalized spacial score (nSPS) is 15.0. The van der Waals surface area contributed by atoms with Crippen molar-refractivity contribution in [2.24, 2.45) is 0 Å². The molecule has 8 heteroatoms. The van der Waals surface area contributed by atoms with Crippen molar-refractivity contribution in [1.29, 1.82) is 0 Å². The van der Waals surface area contributed by atoms with Crippen molar-refractivity contribution < 1.29 is 9.18 Å². The molecule has 0 unspecified atom stereocenters. The van der Waals surface area contributed by atoms with Crippen LogP contribution in [0.25, 0.3) is 16.8 Å². The molecule has 1 aliphatic rings. The molecule has 0 radical (unpaired) electrons. The van der Waals surface area contributed by atoms with Crippen LogP contribution >= 0.6 is 0 Å². The van der Waals surface area contributed by atoms with Gasteiger partial charge in [0.25, 0.3) is 5.91 Å². The van der Waals surface area contributed by atoms with Crippen LogP contribution in [0, 0.1) is 5.82 Å². The van der Waals surface area contributed by atoms with E-state index in [0.717, 1.165) is 42.7 Å². The Kier molecular flexibility index (Phi) is 5.75. The summed E-state index contributed by atoms with van der Waals surface area (Å²) in [6.07, 6.45) is 3.74. The van der Waals surface area contributed by atoms with Crippen molar-refractivity contribution in [2.45, 2.75) is 18.9 Å². The van der Waals surface area contributed by atoms with Crippen molar-refractivity contribution in [3.63, 3.8) is 0 Å². The van der Waals surface area contributed by atoms with E-state index < -0.39 is 0 Å². The number of hydrogen-bond donors (Lipinski definition) is 2. The average Bonchev–Trinajstić information content (AvgIpc) is 3.23. The van der Waals surface area contributed by atoms with Crippen LogP contribution in [-0.2, 0) is 0 Å². The van der Waals surface area contributed by atoms with Gasteiger partial charge in [0.05, 0.1) is 0 Å². The molecule has 2 N–H and O–H groups in total. The maximum atomic E-state index is 13.7. The fourth-order valence-corrected chi connectivity index (χ4v) is 4.10. The van der Waals surface area contributed by atoms with Crippen LogP contribution < -0.4 is 10.6 Å². The summed E-state index contributed by atoms with van der Waals surface area (Å²) in [6.45, 7) is 2.00. The summed E-state index contributed by atoms with van der Waals surface area (Å²) in [4.78, 5) is 19.4. The van der Waals surface area contributed by atoms with Crippen molar-refractivity contribution in [1.82, 2.24) is 24.8 Å². The van der Waals surface area contributed by atoms with Crippen molar-refractivity contribution >= 4 is 23.2 Å². The number of benzene rings is 2. The van der Waals surface area contributed by atoms with Crippen molar-refractivity contribution in [2.75, 3.05) is 25.5 Å². The number of nitrogens with zero attached hydrogens (tertiary/aromatic N) is 4. The van der Waals surface area contributed by atoms with Gasteiger partial charge >= 0.3 is 0 Å². The van der Waals surface area contributed by atoms with Crippen LogP contribution in [0.4, 0.5) is 16.0 Å². The second-order valence-corrected chi connectivity index (χ2v) is 8.39. The summed E-state index contributed by atoms with van der Waals surface area (Å²) in [7, 11) is 2.10. The van der Waals surface area contributed by atoms with Crippen LogP contribution in [0.2, 0.25) is 0 Å². The van der Waals surface area contributed by atoms with Gasteiger partial charge in [-0.25, -0.2) is 8.91 Å². The third-order valence-corrected chi connectivity index (χ3v) is 5.95. The van der Waals surface area contributed by atoms with Gasteiger partial charge in [-0.3, -0.25) is 4.79 Å². The number of halogens is 1. The highest BCUT2D eigenvalue weighted by Crippen LogP contribution is 2.25. The highest BCUT2D eigenvalue weighted by atomic mass is 19.1. The number of pyridine rings is 1. The standard InChI is InChI=1S/C25H25FN6O/c1-31-14-11-21(12-15-31)27-24(33)17-7-9-20(10-8-17)28-25-29-23-22(6-3-13-32(23)30-25)18-4-2-5-19(26)16-18/h2-10,13,16,21H,11-12,14-15H2,1H3,(H,27,33)(H,28,30). The molecule has 2 aromatic heterocycles. The van der Waals surface area contributed by atoms with E-state index >= 15 is 0 Å². The molecule has 1 amide bonds. The van der Waals surface area contributed by atoms with Gasteiger partial charge in [0.2, 0.25) is 5.95 Å². The van der Waals surface area contributed by atoms with Gasteiger partial charge in [-0.2, -0.15) is 4.98 Å². The van der Waals surface area contributed by atoms with E-state index in [2.05, 4.69) is 32.7 Å². The maximum Gasteiger partial charge on any atom is 0.251 e. The third kappa shape index (κ3) is 4.70. The van der Waals surface area contributed by atoms with E-state index in [-0.39, 0.29) is 17.8 Å². The van der Waals surface area contributed by atoms with Crippen LogP contribution in [0.1, 0.15) is 23.2 Å². The summed E-state index contributed by atoms with van der Waals surface area (Å²) in [6, 6.07) is 17.6. The fraction of sp³-hybridized carbons (Fsp3) is 0.240. The number of carbonyl (C=O) groups is 1. The highest BCUT2D eigenvalue weighted by Gasteiger charge is 2.19. The Morgan fingerprint density at radius 3 is 2.61 bits per heavy atom. The van der Waals surface area contributed by atoms with Crippen molar-refractivity contribution in [3.05, 3.63) is 78.2 Å². The lowest BCUT2D eigenvalue weighted by atomic mass is 10.0. The first kappa shape index (κ1) is 21.1. The molecule has 0 aliphatic carbocycles. The first-order chi connectivity index (χ1) is 16.0. The fourth-order valence-electron chi connectivity index (χ4n) is 4.10. The summed E-state index contributed by atoms with van der Waals surface area (Å²) < 4.78 is 15.4. The first-order valence-corrected chi connectivity index (χ1v) is 11.0. The minimum atomic E-state index is -0.299. The topological polar surface area (TPSA) is 74.6 Å².